The topological polar surface area (TPSA) is 96.4 Å². The lowest BCUT2D eigenvalue weighted by molar-refractivity contribution is 0.0690. The Hall–Kier alpha value is -1.78. The Balaban J connectivity index is 3.31. The van der Waals surface area contributed by atoms with Crippen molar-refractivity contribution in [1.82, 2.24) is 4.98 Å². The Kier molecular flexibility index (Phi) is 1.86. The number of nitrogens with two attached hydrogens (primary N) is 1. The highest BCUT2D eigenvalue weighted by Gasteiger charge is 2.10. The summed E-state index contributed by atoms with van der Waals surface area (Å²) in [6.07, 6.45) is 0. The van der Waals surface area contributed by atoms with Gasteiger partial charge in [0.1, 0.15) is 0 Å². The summed E-state index contributed by atoms with van der Waals surface area (Å²) in [7, 11) is 0. The largest absolute Gasteiger partial charge is 0.504 e. The lowest BCUT2D eigenvalue weighted by Crippen LogP contribution is -2.03. The minimum Gasteiger partial charge on any atom is -0.504 e. The average Bonchev–Trinajstić information content (AvgIpc) is 1.99. The summed E-state index contributed by atoms with van der Waals surface area (Å²) in [4.78, 5) is 14.0. The van der Waals surface area contributed by atoms with Gasteiger partial charge in [-0.05, 0) is 13.0 Å². The third-order valence-electron chi connectivity index (χ3n) is 1.42. The molecule has 0 atom stereocenters. The minimum atomic E-state index is -1.16. The number of carbonyl (C=O) groups is 1. The molecule has 0 aromatic carbocycles. The normalized spacial score (nSPS) is 9.75. The number of anilines is 1. The van der Waals surface area contributed by atoms with Crippen LogP contribution < -0.4 is 5.73 Å². The molecule has 0 aliphatic heterocycles. The molecule has 0 aliphatic carbocycles. The monoisotopic (exact) mass is 168 g/mol. The lowest BCUT2D eigenvalue weighted by Gasteiger charge is -2.02. The zero-order valence-electron chi connectivity index (χ0n) is 6.40. The van der Waals surface area contributed by atoms with Gasteiger partial charge in [-0.15, -0.1) is 0 Å². The van der Waals surface area contributed by atoms with Crippen molar-refractivity contribution < 1.29 is 15.0 Å². The molecule has 5 heteroatoms. The van der Waals surface area contributed by atoms with E-state index in [9.17, 15) is 4.79 Å². The number of pyridine rings is 1. The molecule has 1 heterocycles. The first-order valence-electron chi connectivity index (χ1n) is 3.21. The second-order valence-corrected chi connectivity index (χ2v) is 2.34. The van der Waals surface area contributed by atoms with E-state index in [2.05, 4.69) is 4.98 Å². The molecular formula is C7H8N2O3. The van der Waals surface area contributed by atoms with Crippen LogP contribution in [0.3, 0.4) is 0 Å². The van der Waals surface area contributed by atoms with E-state index in [0.29, 0.717) is 0 Å². The van der Waals surface area contributed by atoms with Crippen molar-refractivity contribution >= 4 is 11.7 Å². The van der Waals surface area contributed by atoms with Gasteiger partial charge < -0.3 is 15.9 Å². The standard InChI is InChI=1S/C7H8N2O3/c1-3-6(10)4(8)2-5(9-3)7(11)12/h2,10H,1H3,(H2,8,9)(H,11,12). The number of hydrogen-bond donors (Lipinski definition) is 3. The molecule has 4 N–H and O–H groups in total. The van der Waals surface area contributed by atoms with Crippen LogP contribution in [0.2, 0.25) is 0 Å². The summed E-state index contributed by atoms with van der Waals surface area (Å²) in [5.41, 5.74) is 5.38. The van der Waals surface area contributed by atoms with Crippen molar-refractivity contribution in [2.75, 3.05) is 5.73 Å². The zero-order valence-corrected chi connectivity index (χ0v) is 6.40. The number of aromatic hydroxyl groups is 1. The zero-order chi connectivity index (χ0) is 9.30. The summed E-state index contributed by atoms with van der Waals surface area (Å²) in [5, 5.41) is 17.7. The summed E-state index contributed by atoms with van der Waals surface area (Å²) in [5.74, 6) is -1.33. The van der Waals surface area contributed by atoms with Gasteiger partial charge in [0.2, 0.25) is 0 Å². The van der Waals surface area contributed by atoms with Crippen molar-refractivity contribution in [2.45, 2.75) is 6.92 Å². The Morgan fingerprint density at radius 3 is 2.67 bits per heavy atom. The van der Waals surface area contributed by atoms with Gasteiger partial charge in [-0.2, -0.15) is 0 Å². The van der Waals surface area contributed by atoms with Crippen LogP contribution in [-0.4, -0.2) is 21.2 Å². The summed E-state index contributed by atoms with van der Waals surface area (Å²) < 4.78 is 0. The summed E-state index contributed by atoms with van der Waals surface area (Å²) in [6, 6.07) is 1.12. The Morgan fingerprint density at radius 2 is 2.25 bits per heavy atom. The van der Waals surface area contributed by atoms with E-state index in [1.807, 2.05) is 0 Å². The highest BCUT2D eigenvalue weighted by molar-refractivity contribution is 5.87. The van der Waals surface area contributed by atoms with Gasteiger partial charge in [-0.1, -0.05) is 0 Å². The molecule has 0 amide bonds. The molecule has 0 spiro atoms. The highest BCUT2D eigenvalue weighted by atomic mass is 16.4. The van der Waals surface area contributed by atoms with Crippen molar-refractivity contribution in [2.24, 2.45) is 0 Å². The maximum Gasteiger partial charge on any atom is 0.354 e. The summed E-state index contributed by atoms with van der Waals surface area (Å²) >= 11 is 0. The molecule has 64 valence electrons. The van der Waals surface area contributed by atoms with Crippen LogP contribution in [0, 0.1) is 6.92 Å². The molecule has 5 nitrogen and oxygen atoms in total. The van der Waals surface area contributed by atoms with Crippen LogP contribution in [0.15, 0.2) is 6.07 Å². The highest BCUT2D eigenvalue weighted by Crippen LogP contribution is 2.22. The second-order valence-electron chi connectivity index (χ2n) is 2.34. The van der Waals surface area contributed by atoms with Crippen LogP contribution in [0.4, 0.5) is 5.69 Å². The maximum absolute atomic E-state index is 10.4. The number of nitrogens with zero attached hydrogens (tertiary/aromatic N) is 1. The number of carboxylic acid groups (broad SMARTS) is 1. The molecule has 1 rings (SSSR count). The average molecular weight is 168 g/mol. The van der Waals surface area contributed by atoms with Crippen LogP contribution in [0.1, 0.15) is 16.2 Å². The molecule has 1 aromatic heterocycles. The van der Waals surface area contributed by atoms with Crippen LogP contribution in [0.5, 0.6) is 5.75 Å². The van der Waals surface area contributed by atoms with E-state index in [4.69, 9.17) is 15.9 Å². The van der Waals surface area contributed by atoms with E-state index in [-0.39, 0.29) is 22.8 Å². The first kappa shape index (κ1) is 8.32. The maximum atomic E-state index is 10.4. The third-order valence-corrected chi connectivity index (χ3v) is 1.42. The van der Waals surface area contributed by atoms with Gasteiger partial charge in [0.05, 0.1) is 11.4 Å². The van der Waals surface area contributed by atoms with Gasteiger partial charge in [0.25, 0.3) is 0 Å². The molecule has 0 fully saturated rings. The smallest absolute Gasteiger partial charge is 0.354 e. The van der Waals surface area contributed by atoms with Crippen molar-refractivity contribution in [3.05, 3.63) is 17.5 Å². The van der Waals surface area contributed by atoms with Crippen molar-refractivity contribution in [3.63, 3.8) is 0 Å². The first-order chi connectivity index (χ1) is 5.52. The lowest BCUT2D eigenvalue weighted by atomic mass is 10.2. The van der Waals surface area contributed by atoms with Crippen LogP contribution in [-0.2, 0) is 0 Å². The molecule has 1 aromatic rings. The van der Waals surface area contributed by atoms with E-state index in [1.165, 1.54) is 6.92 Å². The Bertz CT molecular complexity index is 312. The minimum absolute atomic E-state index is 0.0277. The number of aromatic carboxylic acids is 1. The SMILES string of the molecule is Cc1nc(C(=O)O)cc(N)c1O. The molecule has 0 radical (unpaired) electrons. The fraction of sp³-hybridized carbons (Fsp3) is 0.143. The van der Waals surface area contributed by atoms with E-state index in [0.717, 1.165) is 6.07 Å². The molecular weight excluding hydrogens is 160 g/mol. The van der Waals surface area contributed by atoms with Gasteiger partial charge in [0, 0.05) is 0 Å². The molecule has 0 bridgehead atoms. The molecule has 0 unspecified atom stereocenters. The molecule has 0 saturated carbocycles. The van der Waals surface area contributed by atoms with Gasteiger partial charge in [0.15, 0.2) is 11.4 Å². The predicted molar refractivity (Wildman–Crippen MR) is 42.0 cm³/mol. The fourth-order valence-electron chi connectivity index (χ4n) is 0.800. The van der Waals surface area contributed by atoms with Crippen LogP contribution in [0.25, 0.3) is 0 Å². The number of hydrogen-bond acceptors (Lipinski definition) is 4. The van der Waals surface area contributed by atoms with Crippen LogP contribution >= 0.6 is 0 Å². The molecule has 0 aliphatic rings. The predicted octanol–water partition coefficient (Wildman–Crippen LogP) is 0.376. The van der Waals surface area contributed by atoms with Gasteiger partial charge in [-0.3, -0.25) is 0 Å². The second kappa shape index (κ2) is 2.69. The fourth-order valence-corrected chi connectivity index (χ4v) is 0.800. The Labute approximate surface area is 68.5 Å². The van der Waals surface area contributed by atoms with E-state index in [1.54, 1.807) is 0 Å². The van der Waals surface area contributed by atoms with E-state index >= 15 is 0 Å². The van der Waals surface area contributed by atoms with E-state index < -0.39 is 5.97 Å². The van der Waals surface area contributed by atoms with Crippen molar-refractivity contribution in [3.8, 4) is 5.75 Å². The summed E-state index contributed by atoms with van der Waals surface area (Å²) in [6.45, 7) is 1.48. The third kappa shape index (κ3) is 1.29. The number of nitrogen functional groups attached to an aromatic ring is 1. The molecule has 0 saturated heterocycles. The molecule has 12 heavy (non-hydrogen) atoms. The van der Waals surface area contributed by atoms with Gasteiger partial charge in [-0.25, -0.2) is 9.78 Å². The number of rotatable bonds is 1. The Morgan fingerprint density at radius 1 is 1.67 bits per heavy atom. The number of aryl methyl sites for hydroxylation is 1. The number of carboxylic acids is 1. The number of aromatic nitrogens is 1. The quantitative estimate of drug-likeness (QED) is 0.563. The van der Waals surface area contributed by atoms with Crippen molar-refractivity contribution in [1.29, 1.82) is 0 Å². The van der Waals surface area contributed by atoms with Gasteiger partial charge >= 0.3 is 5.97 Å². The first-order valence-corrected chi connectivity index (χ1v) is 3.21.